The lowest BCUT2D eigenvalue weighted by Gasteiger charge is -2.10. The van der Waals surface area contributed by atoms with Crippen LogP contribution in [0.25, 0.3) is 16.8 Å². The van der Waals surface area contributed by atoms with E-state index in [0.717, 1.165) is 10.8 Å². The molecule has 0 unspecified atom stereocenters. The van der Waals surface area contributed by atoms with Crippen LogP contribution in [0.5, 0.6) is 5.75 Å². The van der Waals surface area contributed by atoms with Gasteiger partial charge in [0.05, 0.1) is 16.8 Å². The fourth-order valence-corrected chi connectivity index (χ4v) is 3.57. The molecule has 3 N–H and O–H groups in total. The van der Waals surface area contributed by atoms with Crippen molar-refractivity contribution in [3.63, 3.8) is 0 Å². The number of fused-ring (bicyclic) bond motifs is 1. The monoisotopic (exact) mass is 469 g/mol. The van der Waals surface area contributed by atoms with E-state index in [1.54, 1.807) is 48.5 Å². The molecule has 4 aromatic rings. The Morgan fingerprint density at radius 3 is 2.35 bits per heavy atom. The number of carbonyl (C=O) groups excluding carboxylic acids is 2. The third-order valence-corrected chi connectivity index (χ3v) is 5.36. The van der Waals surface area contributed by atoms with Gasteiger partial charge in [-0.05, 0) is 40.6 Å². The van der Waals surface area contributed by atoms with E-state index in [0.29, 0.717) is 11.1 Å². The third kappa shape index (κ3) is 5.31. The van der Waals surface area contributed by atoms with Crippen LogP contribution in [0.2, 0.25) is 5.02 Å². The van der Waals surface area contributed by atoms with Gasteiger partial charge in [-0.1, -0.05) is 84.4 Å². The summed E-state index contributed by atoms with van der Waals surface area (Å²) in [5, 5.41) is 18.9. The Morgan fingerprint density at radius 2 is 1.56 bits per heavy atom. The molecule has 34 heavy (non-hydrogen) atoms. The first-order valence-electron chi connectivity index (χ1n) is 10.4. The van der Waals surface area contributed by atoms with Crippen molar-refractivity contribution in [1.29, 1.82) is 0 Å². The number of amides is 2. The number of carbonyl (C=O) groups is 2. The van der Waals surface area contributed by atoms with Crippen LogP contribution in [-0.4, -0.2) is 23.1 Å². The summed E-state index contributed by atoms with van der Waals surface area (Å²) in [5.41, 5.74) is 3.81. The van der Waals surface area contributed by atoms with E-state index in [1.165, 1.54) is 12.3 Å². The molecule has 4 rings (SSSR count). The predicted molar refractivity (Wildman–Crippen MR) is 135 cm³/mol. The summed E-state index contributed by atoms with van der Waals surface area (Å²) >= 11 is 6.13. The number of hydrogen-bond donors (Lipinski definition) is 3. The normalized spacial score (nSPS) is 11.5. The number of hydrazone groups is 1. The lowest BCUT2D eigenvalue weighted by molar-refractivity contribution is -0.117. The van der Waals surface area contributed by atoms with E-state index in [2.05, 4.69) is 15.8 Å². The van der Waals surface area contributed by atoms with E-state index < -0.39 is 11.8 Å². The lowest BCUT2D eigenvalue weighted by Crippen LogP contribution is -2.33. The van der Waals surface area contributed by atoms with Gasteiger partial charge in [-0.2, -0.15) is 5.10 Å². The number of phenols is 1. The second-order valence-corrected chi connectivity index (χ2v) is 7.73. The number of nitrogens with zero attached hydrogens (tertiary/aromatic N) is 1. The first-order chi connectivity index (χ1) is 16.5. The van der Waals surface area contributed by atoms with Crippen LogP contribution < -0.4 is 10.7 Å². The maximum Gasteiger partial charge on any atom is 0.287 e. The molecule has 6 nitrogen and oxygen atoms in total. The summed E-state index contributed by atoms with van der Waals surface area (Å²) in [5.74, 6) is -1.14. The van der Waals surface area contributed by atoms with Crippen molar-refractivity contribution in [1.82, 2.24) is 10.7 Å². The molecule has 0 atom stereocenters. The summed E-state index contributed by atoms with van der Waals surface area (Å²) in [7, 11) is 0. The summed E-state index contributed by atoms with van der Waals surface area (Å²) in [6.07, 6.45) is 2.90. The Bertz CT molecular complexity index is 1420. The molecule has 7 heteroatoms. The SMILES string of the molecule is O=C(N/N=C/c1c(O)ccc2ccccc12)/C(=C\c1ccccc1)NC(=O)c1ccccc1Cl. The zero-order chi connectivity index (χ0) is 23.9. The average molecular weight is 470 g/mol. The third-order valence-electron chi connectivity index (χ3n) is 5.03. The number of hydrogen-bond acceptors (Lipinski definition) is 4. The zero-order valence-corrected chi connectivity index (χ0v) is 18.7. The highest BCUT2D eigenvalue weighted by Crippen LogP contribution is 2.25. The van der Waals surface area contributed by atoms with Crippen LogP contribution in [0.1, 0.15) is 21.5 Å². The van der Waals surface area contributed by atoms with Crippen molar-refractivity contribution in [2.75, 3.05) is 0 Å². The van der Waals surface area contributed by atoms with E-state index in [9.17, 15) is 14.7 Å². The first kappa shape index (κ1) is 22.8. The minimum absolute atomic E-state index is 0.0181. The highest BCUT2D eigenvalue weighted by atomic mass is 35.5. The van der Waals surface area contributed by atoms with Gasteiger partial charge in [0.1, 0.15) is 11.4 Å². The van der Waals surface area contributed by atoms with Crippen LogP contribution >= 0.6 is 11.6 Å². The molecular weight excluding hydrogens is 450 g/mol. The second kappa shape index (κ2) is 10.5. The van der Waals surface area contributed by atoms with Crippen LogP contribution in [0.4, 0.5) is 0 Å². The minimum atomic E-state index is -0.639. The quantitative estimate of drug-likeness (QED) is 0.208. The first-order valence-corrected chi connectivity index (χ1v) is 10.8. The van der Waals surface area contributed by atoms with Gasteiger partial charge in [0.25, 0.3) is 11.8 Å². The lowest BCUT2D eigenvalue weighted by atomic mass is 10.0. The Labute approximate surface area is 201 Å². The van der Waals surface area contributed by atoms with Crippen molar-refractivity contribution in [2.24, 2.45) is 5.10 Å². The molecular formula is C27H20ClN3O3. The van der Waals surface area contributed by atoms with Gasteiger partial charge in [-0.3, -0.25) is 9.59 Å². The molecule has 0 saturated heterocycles. The Balaban J connectivity index is 1.59. The van der Waals surface area contributed by atoms with Gasteiger partial charge in [-0.15, -0.1) is 0 Å². The van der Waals surface area contributed by atoms with Gasteiger partial charge in [-0.25, -0.2) is 5.43 Å². The molecule has 4 aromatic carbocycles. The van der Waals surface area contributed by atoms with Gasteiger partial charge in [0.2, 0.25) is 0 Å². The Morgan fingerprint density at radius 1 is 0.853 bits per heavy atom. The summed E-state index contributed by atoms with van der Waals surface area (Å²) < 4.78 is 0. The van der Waals surface area contributed by atoms with Crippen molar-refractivity contribution < 1.29 is 14.7 Å². The number of nitrogens with one attached hydrogen (secondary N) is 2. The number of phenolic OH excluding ortho intramolecular Hbond substituents is 1. The number of halogens is 1. The largest absolute Gasteiger partial charge is 0.507 e. The van der Waals surface area contributed by atoms with Crippen molar-refractivity contribution in [3.8, 4) is 5.75 Å². The Hall–Kier alpha value is -4.42. The molecule has 0 bridgehead atoms. The minimum Gasteiger partial charge on any atom is -0.507 e. The smallest absolute Gasteiger partial charge is 0.287 e. The van der Waals surface area contributed by atoms with Gasteiger partial charge < -0.3 is 10.4 Å². The highest BCUT2D eigenvalue weighted by Gasteiger charge is 2.16. The van der Waals surface area contributed by atoms with E-state index in [1.807, 2.05) is 42.5 Å². The molecule has 0 aromatic heterocycles. The second-order valence-electron chi connectivity index (χ2n) is 7.32. The van der Waals surface area contributed by atoms with Gasteiger partial charge >= 0.3 is 0 Å². The van der Waals surface area contributed by atoms with Crippen molar-refractivity contribution in [2.45, 2.75) is 0 Å². The van der Waals surface area contributed by atoms with Crippen LogP contribution in [0.3, 0.4) is 0 Å². The molecule has 0 aliphatic rings. The van der Waals surface area contributed by atoms with E-state index in [-0.39, 0.29) is 22.0 Å². The highest BCUT2D eigenvalue weighted by molar-refractivity contribution is 6.34. The Kier molecular flexibility index (Phi) is 7.01. The molecule has 0 aliphatic heterocycles. The molecule has 0 saturated carbocycles. The van der Waals surface area contributed by atoms with Gasteiger partial charge in [0.15, 0.2) is 0 Å². The topological polar surface area (TPSA) is 90.8 Å². The maximum atomic E-state index is 12.9. The molecule has 0 aliphatic carbocycles. The van der Waals surface area contributed by atoms with Gasteiger partial charge in [0, 0.05) is 5.56 Å². The van der Waals surface area contributed by atoms with E-state index >= 15 is 0 Å². The maximum absolute atomic E-state index is 12.9. The van der Waals surface area contributed by atoms with Crippen LogP contribution in [0, 0.1) is 0 Å². The fraction of sp³-hybridized carbons (Fsp3) is 0. The standard InChI is InChI=1S/C27H20ClN3O3/c28-23-13-7-6-12-21(23)26(33)30-24(16-18-8-2-1-3-9-18)27(34)31-29-17-22-20-11-5-4-10-19(20)14-15-25(22)32/h1-17,32H,(H,30,33)(H,31,34)/b24-16+,29-17+. The zero-order valence-electron chi connectivity index (χ0n) is 17.9. The fourth-order valence-electron chi connectivity index (χ4n) is 3.34. The predicted octanol–water partition coefficient (Wildman–Crippen LogP) is 5.12. The van der Waals surface area contributed by atoms with Crippen LogP contribution in [-0.2, 0) is 4.79 Å². The molecule has 2 amide bonds. The summed E-state index contributed by atoms with van der Waals surface area (Å²) in [6.45, 7) is 0. The van der Waals surface area contributed by atoms with Crippen molar-refractivity contribution in [3.05, 3.63) is 118 Å². The van der Waals surface area contributed by atoms with Crippen molar-refractivity contribution >= 4 is 46.5 Å². The molecule has 0 spiro atoms. The molecule has 0 fully saturated rings. The average Bonchev–Trinajstić information content (AvgIpc) is 2.85. The van der Waals surface area contributed by atoms with E-state index in [4.69, 9.17) is 11.6 Å². The molecule has 0 radical (unpaired) electrons. The molecule has 0 heterocycles. The number of rotatable bonds is 6. The van der Waals surface area contributed by atoms with Crippen LogP contribution in [0.15, 0.2) is 102 Å². The summed E-state index contributed by atoms with van der Waals surface area (Å²) in [6, 6.07) is 26.5. The number of aromatic hydroxyl groups is 1. The summed E-state index contributed by atoms with van der Waals surface area (Å²) in [4.78, 5) is 25.7. The molecule has 168 valence electrons. The number of benzene rings is 4.